The predicted octanol–water partition coefficient (Wildman–Crippen LogP) is 1.96. The zero-order valence-electron chi connectivity index (χ0n) is 10.6. The summed E-state index contributed by atoms with van der Waals surface area (Å²) in [6.07, 6.45) is 5.83. The van der Waals surface area contributed by atoms with Gasteiger partial charge in [0.1, 0.15) is 10.8 Å². The van der Waals surface area contributed by atoms with Crippen molar-refractivity contribution < 1.29 is 4.79 Å². The molecule has 3 aromatic rings. The maximum atomic E-state index is 12.0. The second-order valence-corrected chi connectivity index (χ2v) is 4.43. The molecular formula is C13H9ClN6O. The SMILES string of the molecule is O=C(Nc1ccc(-n2nccn2)cc1)c1cnc(Cl)cn1. The molecule has 2 aromatic heterocycles. The van der Waals surface area contributed by atoms with E-state index in [0.717, 1.165) is 5.69 Å². The second kappa shape index (κ2) is 5.68. The molecule has 0 aliphatic heterocycles. The number of hydrogen-bond donors (Lipinski definition) is 1. The lowest BCUT2D eigenvalue weighted by Gasteiger charge is -2.05. The fourth-order valence-electron chi connectivity index (χ4n) is 1.65. The van der Waals surface area contributed by atoms with E-state index < -0.39 is 0 Å². The number of hydrogen-bond acceptors (Lipinski definition) is 5. The number of nitrogens with one attached hydrogen (secondary N) is 1. The average Bonchev–Trinajstić information content (AvgIpc) is 3.03. The highest BCUT2D eigenvalue weighted by atomic mass is 35.5. The van der Waals surface area contributed by atoms with Gasteiger partial charge in [0.05, 0.1) is 30.5 Å². The molecule has 0 atom stereocenters. The first-order chi connectivity index (χ1) is 10.2. The van der Waals surface area contributed by atoms with Crippen molar-refractivity contribution in [1.82, 2.24) is 25.0 Å². The summed E-state index contributed by atoms with van der Waals surface area (Å²) >= 11 is 5.62. The van der Waals surface area contributed by atoms with Crippen molar-refractivity contribution >= 4 is 23.2 Å². The maximum absolute atomic E-state index is 12.0. The molecule has 3 rings (SSSR count). The Hall–Kier alpha value is -2.80. The number of nitrogens with zero attached hydrogens (tertiary/aromatic N) is 5. The van der Waals surface area contributed by atoms with Crippen molar-refractivity contribution in [2.45, 2.75) is 0 Å². The number of anilines is 1. The summed E-state index contributed by atoms with van der Waals surface area (Å²) in [5, 5.41) is 11.0. The number of amides is 1. The van der Waals surface area contributed by atoms with Crippen LogP contribution in [0.4, 0.5) is 5.69 Å². The highest BCUT2D eigenvalue weighted by molar-refractivity contribution is 6.29. The number of benzene rings is 1. The van der Waals surface area contributed by atoms with Crippen LogP contribution < -0.4 is 5.32 Å². The molecule has 7 nitrogen and oxygen atoms in total. The summed E-state index contributed by atoms with van der Waals surface area (Å²) < 4.78 is 0. The van der Waals surface area contributed by atoms with Gasteiger partial charge in [-0.15, -0.1) is 0 Å². The molecule has 0 saturated carbocycles. The van der Waals surface area contributed by atoms with E-state index in [1.165, 1.54) is 17.2 Å². The van der Waals surface area contributed by atoms with Crippen molar-refractivity contribution in [3.8, 4) is 5.69 Å². The fraction of sp³-hybridized carbons (Fsp3) is 0. The molecule has 0 fully saturated rings. The molecule has 0 unspecified atom stereocenters. The first-order valence-electron chi connectivity index (χ1n) is 5.98. The summed E-state index contributed by atoms with van der Waals surface area (Å²) in [6, 6.07) is 7.09. The lowest BCUT2D eigenvalue weighted by molar-refractivity contribution is 0.102. The summed E-state index contributed by atoms with van der Waals surface area (Å²) in [4.78, 5) is 21.1. The normalized spacial score (nSPS) is 10.3. The summed E-state index contributed by atoms with van der Waals surface area (Å²) in [5.41, 5.74) is 1.62. The van der Waals surface area contributed by atoms with E-state index in [2.05, 4.69) is 25.5 Å². The van der Waals surface area contributed by atoms with Crippen molar-refractivity contribution in [2.24, 2.45) is 0 Å². The Morgan fingerprint density at radius 1 is 1.05 bits per heavy atom. The molecule has 2 heterocycles. The number of aromatic nitrogens is 5. The first kappa shape index (κ1) is 13.2. The Labute approximate surface area is 124 Å². The molecule has 1 amide bonds. The zero-order valence-corrected chi connectivity index (χ0v) is 11.4. The topological polar surface area (TPSA) is 85.6 Å². The predicted molar refractivity (Wildman–Crippen MR) is 76.4 cm³/mol. The van der Waals surface area contributed by atoms with Crippen molar-refractivity contribution in [2.75, 3.05) is 5.32 Å². The molecule has 8 heteroatoms. The van der Waals surface area contributed by atoms with Crippen molar-refractivity contribution in [3.63, 3.8) is 0 Å². The van der Waals surface area contributed by atoms with Gasteiger partial charge in [0.15, 0.2) is 0 Å². The van der Waals surface area contributed by atoms with Gasteiger partial charge in [-0.25, -0.2) is 9.97 Å². The van der Waals surface area contributed by atoms with E-state index in [1.54, 1.807) is 36.7 Å². The van der Waals surface area contributed by atoms with Crippen LogP contribution in [0.3, 0.4) is 0 Å². The van der Waals surface area contributed by atoms with Gasteiger partial charge in [0, 0.05) is 5.69 Å². The molecule has 0 aliphatic rings. The van der Waals surface area contributed by atoms with Crippen LogP contribution in [-0.2, 0) is 0 Å². The molecule has 21 heavy (non-hydrogen) atoms. The highest BCUT2D eigenvalue weighted by Gasteiger charge is 2.08. The standard InChI is InChI=1S/C13H9ClN6O/c14-12-8-15-11(7-16-12)13(21)19-9-1-3-10(4-2-9)20-17-5-6-18-20/h1-8H,(H,19,21). The highest BCUT2D eigenvalue weighted by Crippen LogP contribution is 2.12. The van der Waals surface area contributed by atoms with E-state index >= 15 is 0 Å². The molecule has 0 spiro atoms. The van der Waals surface area contributed by atoms with Crippen LogP contribution in [0.25, 0.3) is 5.69 Å². The summed E-state index contributed by atoms with van der Waals surface area (Å²) in [6.45, 7) is 0. The average molecular weight is 301 g/mol. The Balaban J connectivity index is 1.73. The van der Waals surface area contributed by atoms with E-state index in [4.69, 9.17) is 11.6 Å². The maximum Gasteiger partial charge on any atom is 0.275 e. The lowest BCUT2D eigenvalue weighted by atomic mass is 10.2. The summed E-state index contributed by atoms with van der Waals surface area (Å²) in [5.74, 6) is -0.357. The molecule has 1 N–H and O–H groups in total. The van der Waals surface area contributed by atoms with E-state index in [9.17, 15) is 4.79 Å². The Morgan fingerprint density at radius 2 is 1.76 bits per heavy atom. The molecule has 0 aliphatic carbocycles. The Bertz CT molecular complexity index is 739. The van der Waals surface area contributed by atoms with Gasteiger partial charge in [-0.2, -0.15) is 15.0 Å². The van der Waals surface area contributed by atoms with Gasteiger partial charge < -0.3 is 5.32 Å². The van der Waals surface area contributed by atoms with Gasteiger partial charge in [-0.05, 0) is 24.3 Å². The van der Waals surface area contributed by atoms with E-state index in [-0.39, 0.29) is 16.8 Å². The molecule has 0 bridgehead atoms. The molecular weight excluding hydrogens is 292 g/mol. The fourth-order valence-corrected chi connectivity index (χ4v) is 1.75. The van der Waals surface area contributed by atoms with Crippen molar-refractivity contribution in [1.29, 1.82) is 0 Å². The number of carbonyl (C=O) groups excluding carboxylic acids is 1. The monoisotopic (exact) mass is 300 g/mol. The lowest BCUT2D eigenvalue weighted by Crippen LogP contribution is -2.14. The van der Waals surface area contributed by atoms with E-state index in [1.807, 2.05) is 0 Å². The summed E-state index contributed by atoms with van der Waals surface area (Å²) in [7, 11) is 0. The van der Waals surface area contributed by atoms with Crippen LogP contribution in [0.1, 0.15) is 10.5 Å². The third kappa shape index (κ3) is 3.03. The van der Waals surface area contributed by atoms with Gasteiger partial charge >= 0.3 is 0 Å². The first-order valence-corrected chi connectivity index (χ1v) is 6.36. The van der Waals surface area contributed by atoms with Gasteiger partial charge in [-0.1, -0.05) is 11.6 Å². The van der Waals surface area contributed by atoms with Gasteiger partial charge in [0.2, 0.25) is 0 Å². The third-order valence-corrected chi connectivity index (χ3v) is 2.82. The zero-order chi connectivity index (χ0) is 14.7. The molecule has 104 valence electrons. The minimum atomic E-state index is -0.357. The third-order valence-electron chi connectivity index (χ3n) is 2.63. The number of rotatable bonds is 3. The Morgan fingerprint density at radius 3 is 2.38 bits per heavy atom. The largest absolute Gasteiger partial charge is 0.321 e. The molecule has 0 saturated heterocycles. The number of carbonyl (C=O) groups is 1. The molecule has 1 aromatic carbocycles. The van der Waals surface area contributed by atoms with Crippen LogP contribution in [0.5, 0.6) is 0 Å². The van der Waals surface area contributed by atoms with Crippen LogP contribution >= 0.6 is 11.6 Å². The minimum absolute atomic E-state index is 0.192. The van der Waals surface area contributed by atoms with Gasteiger partial charge in [0.25, 0.3) is 5.91 Å². The smallest absolute Gasteiger partial charge is 0.275 e. The quantitative estimate of drug-likeness (QED) is 0.799. The van der Waals surface area contributed by atoms with Crippen LogP contribution in [-0.4, -0.2) is 30.9 Å². The van der Waals surface area contributed by atoms with Crippen LogP contribution in [0, 0.1) is 0 Å². The Kier molecular flexibility index (Phi) is 3.57. The van der Waals surface area contributed by atoms with Crippen molar-refractivity contribution in [3.05, 3.63) is 59.9 Å². The van der Waals surface area contributed by atoms with Gasteiger partial charge in [-0.3, -0.25) is 4.79 Å². The minimum Gasteiger partial charge on any atom is -0.321 e. The number of halogens is 1. The van der Waals surface area contributed by atoms with Crippen LogP contribution in [0.15, 0.2) is 49.1 Å². The van der Waals surface area contributed by atoms with E-state index in [0.29, 0.717) is 5.69 Å². The van der Waals surface area contributed by atoms with Crippen LogP contribution in [0.2, 0.25) is 5.15 Å². The molecule has 0 radical (unpaired) electrons. The second-order valence-electron chi connectivity index (χ2n) is 4.04.